The number of benzene rings is 2. The van der Waals surface area contributed by atoms with E-state index in [1.807, 2.05) is 43.3 Å². The second kappa shape index (κ2) is 12.5. The number of carbonyl (C=O) groups is 1. The van der Waals surface area contributed by atoms with E-state index in [0.29, 0.717) is 17.9 Å². The van der Waals surface area contributed by atoms with Crippen molar-refractivity contribution in [1.82, 2.24) is 15.3 Å². The molecule has 9 heteroatoms. The van der Waals surface area contributed by atoms with Gasteiger partial charge in [-0.25, -0.2) is 9.97 Å². The summed E-state index contributed by atoms with van der Waals surface area (Å²) in [6, 6.07) is 18.1. The van der Waals surface area contributed by atoms with Gasteiger partial charge in [-0.2, -0.15) is 0 Å². The van der Waals surface area contributed by atoms with Crippen LogP contribution in [-0.4, -0.2) is 68.4 Å². The molecule has 0 bridgehead atoms. The zero-order valence-electron chi connectivity index (χ0n) is 22.1. The number of hydrogen-bond acceptors (Lipinski definition) is 8. The van der Waals surface area contributed by atoms with Gasteiger partial charge < -0.3 is 24.6 Å². The van der Waals surface area contributed by atoms with Crippen LogP contribution in [0, 0.1) is 6.92 Å². The summed E-state index contributed by atoms with van der Waals surface area (Å²) >= 11 is 1.60. The molecule has 5 rings (SSSR count). The molecule has 0 radical (unpaired) electrons. The first-order valence-electron chi connectivity index (χ1n) is 13.2. The Balaban J connectivity index is 1.16. The van der Waals surface area contributed by atoms with Crippen molar-refractivity contribution in [2.45, 2.75) is 36.8 Å². The summed E-state index contributed by atoms with van der Waals surface area (Å²) in [6.45, 7) is 7.02. The molecule has 1 aromatic heterocycles. The number of rotatable bonds is 9. The molecule has 2 aliphatic rings. The highest BCUT2D eigenvalue weighted by Crippen LogP contribution is 2.26. The average Bonchev–Trinajstić information content (AvgIpc) is 3.49. The Morgan fingerprint density at radius 2 is 1.87 bits per heavy atom. The van der Waals surface area contributed by atoms with Crippen molar-refractivity contribution in [2.75, 3.05) is 56.2 Å². The lowest BCUT2D eigenvalue weighted by molar-refractivity contribution is 0.0857. The van der Waals surface area contributed by atoms with Gasteiger partial charge in [-0.3, -0.25) is 4.79 Å². The predicted molar refractivity (Wildman–Crippen MR) is 151 cm³/mol. The second-order valence-corrected chi connectivity index (χ2v) is 10.6. The van der Waals surface area contributed by atoms with Crippen LogP contribution < -0.4 is 19.9 Å². The number of nitrogens with one attached hydrogen (secondary N) is 1. The summed E-state index contributed by atoms with van der Waals surface area (Å²) < 4.78 is 10.9. The molecule has 2 saturated heterocycles. The molecule has 200 valence electrons. The number of aromatic nitrogens is 2. The molecule has 2 aromatic carbocycles. The first kappa shape index (κ1) is 26.3. The second-order valence-electron chi connectivity index (χ2n) is 9.66. The highest BCUT2D eigenvalue weighted by Gasteiger charge is 2.20. The number of methoxy groups -OCH3 is 1. The van der Waals surface area contributed by atoms with E-state index < -0.39 is 0 Å². The Morgan fingerprint density at radius 3 is 2.61 bits per heavy atom. The van der Waals surface area contributed by atoms with Crippen molar-refractivity contribution in [1.29, 1.82) is 0 Å². The van der Waals surface area contributed by atoms with Gasteiger partial charge in [0, 0.05) is 68.1 Å². The summed E-state index contributed by atoms with van der Waals surface area (Å²) in [7, 11) is 1.69. The van der Waals surface area contributed by atoms with E-state index in [9.17, 15) is 4.79 Å². The third-order valence-electron chi connectivity index (χ3n) is 6.93. The zero-order chi connectivity index (χ0) is 26.3. The molecule has 0 aliphatic carbocycles. The number of ether oxygens (including phenoxy) is 2. The smallest absolute Gasteiger partial charge is 0.251 e. The van der Waals surface area contributed by atoms with Crippen LogP contribution in [0.2, 0.25) is 0 Å². The molecule has 3 heterocycles. The van der Waals surface area contributed by atoms with Crippen molar-refractivity contribution in [3.63, 3.8) is 0 Å². The van der Waals surface area contributed by atoms with Gasteiger partial charge in [-0.05, 0) is 61.7 Å². The fraction of sp³-hybridized carbons (Fsp3) is 0.414. The zero-order valence-corrected chi connectivity index (χ0v) is 22.9. The van der Waals surface area contributed by atoms with Crippen LogP contribution >= 0.6 is 11.8 Å². The van der Waals surface area contributed by atoms with Gasteiger partial charge in [0.25, 0.3) is 5.91 Å². The standard InChI is InChI=1S/C29H35N5O3S/c1-21-17-27(34-14-12-33(13-15-34)24-8-10-25(36-2)11-9-24)32-29(31-21)38-20-22-5-3-6-23(18-22)28(35)30-19-26-7-4-16-37-26/h3,5-6,8-11,17-18,26H,4,7,12-16,19-20H2,1-2H3,(H,30,35)/t26-/m0/s1. The van der Waals surface area contributed by atoms with E-state index in [1.165, 1.54) is 5.69 Å². The summed E-state index contributed by atoms with van der Waals surface area (Å²) in [5, 5.41) is 3.76. The van der Waals surface area contributed by atoms with Crippen molar-refractivity contribution in [2.24, 2.45) is 0 Å². The highest BCUT2D eigenvalue weighted by atomic mass is 32.2. The lowest BCUT2D eigenvalue weighted by atomic mass is 10.1. The number of aryl methyl sites for hydroxylation is 1. The van der Waals surface area contributed by atoms with E-state index in [4.69, 9.17) is 14.5 Å². The van der Waals surface area contributed by atoms with E-state index in [2.05, 4.69) is 38.3 Å². The minimum Gasteiger partial charge on any atom is -0.497 e. The number of amides is 1. The average molecular weight is 534 g/mol. The fourth-order valence-corrected chi connectivity index (χ4v) is 5.64. The van der Waals surface area contributed by atoms with E-state index in [1.54, 1.807) is 18.9 Å². The van der Waals surface area contributed by atoms with Gasteiger partial charge in [-0.1, -0.05) is 23.9 Å². The van der Waals surface area contributed by atoms with Crippen LogP contribution in [0.5, 0.6) is 5.75 Å². The maximum atomic E-state index is 12.6. The lowest BCUT2D eigenvalue weighted by Gasteiger charge is -2.36. The van der Waals surface area contributed by atoms with Crippen LogP contribution in [0.15, 0.2) is 59.8 Å². The van der Waals surface area contributed by atoms with Gasteiger partial charge in [0.15, 0.2) is 5.16 Å². The van der Waals surface area contributed by atoms with E-state index >= 15 is 0 Å². The summed E-state index contributed by atoms with van der Waals surface area (Å²) in [4.78, 5) is 26.9. The lowest BCUT2D eigenvalue weighted by Crippen LogP contribution is -2.46. The normalized spacial score (nSPS) is 17.5. The largest absolute Gasteiger partial charge is 0.497 e. The maximum absolute atomic E-state index is 12.6. The number of anilines is 2. The Kier molecular flexibility index (Phi) is 8.65. The first-order valence-corrected chi connectivity index (χ1v) is 14.2. The quantitative estimate of drug-likeness (QED) is 0.322. The molecule has 8 nitrogen and oxygen atoms in total. The highest BCUT2D eigenvalue weighted by molar-refractivity contribution is 7.98. The van der Waals surface area contributed by atoms with E-state index in [0.717, 1.165) is 73.6 Å². The SMILES string of the molecule is COc1ccc(N2CCN(c3cc(C)nc(SCc4cccc(C(=O)NC[C@@H]5CCCO5)c4)n3)CC2)cc1. The Bertz CT molecular complexity index is 1230. The van der Waals surface area contributed by atoms with Gasteiger partial charge in [0.1, 0.15) is 11.6 Å². The molecular weight excluding hydrogens is 498 g/mol. The molecular formula is C29H35N5O3S. The van der Waals surface area contributed by atoms with Gasteiger partial charge in [-0.15, -0.1) is 0 Å². The van der Waals surface area contributed by atoms with Gasteiger partial charge >= 0.3 is 0 Å². The molecule has 0 saturated carbocycles. The molecule has 1 atom stereocenters. The fourth-order valence-electron chi connectivity index (χ4n) is 4.80. The first-order chi connectivity index (χ1) is 18.6. The van der Waals surface area contributed by atoms with Crippen molar-refractivity contribution in [3.05, 3.63) is 71.4 Å². The number of thioether (sulfide) groups is 1. The van der Waals surface area contributed by atoms with Crippen molar-refractivity contribution in [3.8, 4) is 5.75 Å². The number of carbonyl (C=O) groups excluding carboxylic acids is 1. The van der Waals surface area contributed by atoms with Crippen LogP contribution in [0.25, 0.3) is 0 Å². The molecule has 2 fully saturated rings. The molecule has 2 aliphatic heterocycles. The van der Waals surface area contributed by atoms with Gasteiger partial charge in [0.2, 0.25) is 0 Å². The molecule has 1 amide bonds. The third kappa shape index (κ3) is 6.76. The Hall–Kier alpha value is -3.30. The number of hydrogen-bond donors (Lipinski definition) is 1. The summed E-state index contributed by atoms with van der Waals surface area (Å²) in [5.74, 6) is 2.48. The summed E-state index contributed by atoms with van der Waals surface area (Å²) in [5.41, 5.74) is 3.90. The topological polar surface area (TPSA) is 79.8 Å². The Morgan fingerprint density at radius 1 is 1.08 bits per heavy atom. The van der Waals surface area contributed by atoms with Crippen molar-refractivity contribution < 1.29 is 14.3 Å². The Labute approximate surface area is 228 Å². The number of piperazine rings is 1. The van der Waals surface area contributed by atoms with Crippen LogP contribution in [0.3, 0.4) is 0 Å². The van der Waals surface area contributed by atoms with Crippen LogP contribution in [-0.2, 0) is 10.5 Å². The molecule has 0 spiro atoms. The molecule has 1 N–H and O–H groups in total. The summed E-state index contributed by atoms with van der Waals surface area (Å²) in [6.07, 6.45) is 2.21. The third-order valence-corrected chi connectivity index (χ3v) is 7.85. The molecule has 3 aromatic rings. The minimum atomic E-state index is -0.0600. The minimum absolute atomic E-state index is 0.0600. The maximum Gasteiger partial charge on any atom is 0.251 e. The monoisotopic (exact) mass is 533 g/mol. The van der Waals surface area contributed by atoms with Crippen molar-refractivity contribution >= 4 is 29.2 Å². The number of nitrogens with zero attached hydrogens (tertiary/aromatic N) is 4. The van der Waals surface area contributed by atoms with Crippen LogP contribution in [0.4, 0.5) is 11.5 Å². The van der Waals surface area contributed by atoms with Gasteiger partial charge in [0.05, 0.1) is 13.2 Å². The van der Waals surface area contributed by atoms with Crippen LogP contribution in [0.1, 0.15) is 34.5 Å². The molecule has 38 heavy (non-hydrogen) atoms. The molecule has 0 unspecified atom stereocenters. The predicted octanol–water partition coefficient (Wildman–Crippen LogP) is 4.32. The van der Waals surface area contributed by atoms with E-state index in [-0.39, 0.29) is 12.0 Å².